The number of benzene rings is 1. The maximum atomic E-state index is 10.2. The van der Waals surface area contributed by atoms with Gasteiger partial charge in [-0.3, -0.25) is 4.90 Å². The van der Waals surface area contributed by atoms with Gasteiger partial charge in [-0.2, -0.15) is 0 Å². The number of nitrogens with zero attached hydrogens (tertiary/aromatic N) is 1. The number of likely N-dealkylation sites (tertiary alicyclic amines) is 1. The largest absolute Gasteiger partial charge is 0.396 e. The van der Waals surface area contributed by atoms with Crippen molar-refractivity contribution in [3.63, 3.8) is 0 Å². The number of rotatable bonds is 8. The van der Waals surface area contributed by atoms with Gasteiger partial charge in [0, 0.05) is 19.7 Å². The van der Waals surface area contributed by atoms with Gasteiger partial charge in [0.05, 0.1) is 6.61 Å². The van der Waals surface area contributed by atoms with Crippen LogP contribution >= 0.6 is 0 Å². The van der Waals surface area contributed by atoms with Crippen molar-refractivity contribution < 1.29 is 14.9 Å². The molecule has 4 heteroatoms. The fourth-order valence-electron chi connectivity index (χ4n) is 2.93. The maximum Gasteiger partial charge on any atom is 0.216 e. The fourth-order valence-corrected chi connectivity index (χ4v) is 2.93. The molecular formula is C17H27NO3. The molecule has 0 aromatic heterocycles. The monoisotopic (exact) mass is 293 g/mol. The molecule has 4 nitrogen and oxygen atoms in total. The molecule has 1 aromatic rings. The van der Waals surface area contributed by atoms with E-state index in [9.17, 15) is 5.11 Å². The number of ether oxygens (including phenoxy) is 1. The van der Waals surface area contributed by atoms with E-state index in [1.165, 1.54) is 6.42 Å². The van der Waals surface area contributed by atoms with Crippen molar-refractivity contribution in [2.45, 2.75) is 45.1 Å². The van der Waals surface area contributed by atoms with E-state index in [4.69, 9.17) is 9.84 Å². The van der Waals surface area contributed by atoms with Crippen LogP contribution in [-0.4, -0.2) is 41.2 Å². The first kappa shape index (κ1) is 16.4. The topological polar surface area (TPSA) is 52.9 Å². The number of hydrogen-bond acceptors (Lipinski definition) is 4. The predicted octanol–water partition coefficient (Wildman–Crippen LogP) is 2.35. The molecule has 1 fully saturated rings. The molecule has 0 bridgehead atoms. The van der Waals surface area contributed by atoms with Crippen LogP contribution in [0.5, 0.6) is 0 Å². The Morgan fingerprint density at radius 3 is 2.81 bits per heavy atom. The van der Waals surface area contributed by atoms with E-state index in [2.05, 4.69) is 0 Å². The Balaban J connectivity index is 1.72. The number of unbranched alkanes of at least 4 members (excludes halogenated alkanes) is 1. The molecule has 2 rings (SSSR count). The van der Waals surface area contributed by atoms with Gasteiger partial charge in [0.25, 0.3) is 0 Å². The van der Waals surface area contributed by atoms with E-state index >= 15 is 0 Å². The standard InChI is InChI=1S/C17H27NO3/c19-12-5-4-7-15-10-6-11-18(13-15)17(20)21-14-16-8-2-1-3-9-16/h1-3,8-9,15,17,19-20H,4-7,10-14H2. The third kappa shape index (κ3) is 5.75. The van der Waals surface area contributed by atoms with E-state index in [0.29, 0.717) is 12.5 Å². The lowest BCUT2D eigenvalue weighted by atomic mass is 9.93. The van der Waals surface area contributed by atoms with Gasteiger partial charge in [-0.1, -0.05) is 36.8 Å². The molecule has 0 spiro atoms. The molecule has 1 aliphatic heterocycles. The van der Waals surface area contributed by atoms with Gasteiger partial charge in [0.2, 0.25) is 6.41 Å². The van der Waals surface area contributed by atoms with Crippen LogP contribution in [0.2, 0.25) is 0 Å². The van der Waals surface area contributed by atoms with Gasteiger partial charge >= 0.3 is 0 Å². The quantitative estimate of drug-likeness (QED) is 0.571. The van der Waals surface area contributed by atoms with Crippen molar-refractivity contribution in [2.75, 3.05) is 19.7 Å². The van der Waals surface area contributed by atoms with Crippen molar-refractivity contribution in [1.82, 2.24) is 4.90 Å². The van der Waals surface area contributed by atoms with E-state index in [0.717, 1.165) is 44.3 Å². The van der Waals surface area contributed by atoms with Crippen LogP contribution in [0, 0.1) is 5.92 Å². The summed E-state index contributed by atoms with van der Waals surface area (Å²) in [5, 5.41) is 19.0. The highest BCUT2D eigenvalue weighted by molar-refractivity contribution is 5.13. The Bertz CT molecular complexity index is 385. The zero-order chi connectivity index (χ0) is 14.9. The lowest BCUT2D eigenvalue weighted by Crippen LogP contribution is -2.44. The molecule has 0 radical (unpaired) electrons. The van der Waals surface area contributed by atoms with Crippen molar-refractivity contribution >= 4 is 0 Å². The Morgan fingerprint density at radius 1 is 1.24 bits per heavy atom. The second kappa shape index (κ2) is 9.15. The summed E-state index contributed by atoms with van der Waals surface area (Å²) in [7, 11) is 0. The number of aliphatic hydroxyl groups excluding tert-OH is 2. The van der Waals surface area contributed by atoms with Crippen LogP contribution in [0.3, 0.4) is 0 Å². The fraction of sp³-hybridized carbons (Fsp3) is 0.647. The second-order valence-electron chi connectivity index (χ2n) is 5.85. The van der Waals surface area contributed by atoms with E-state index in [1.807, 2.05) is 35.2 Å². The third-order valence-electron chi connectivity index (χ3n) is 4.13. The summed E-state index contributed by atoms with van der Waals surface area (Å²) in [5.41, 5.74) is 1.08. The summed E-state index contributed by atoms with van der Waals surface area (Å²) in [5.74, 6) is 0.611. The molecule has 2 N–H and O–H groups in total. The Hall–Kier alpha value is -0.940. The van der Waals surface area contributed by atoms with Crippen LogP contribution in [0.15, 0.2) is 30.3 Å². The lowest BCUT2D eigenvalue weighted by Gasteiger charge is -2.35. The lowest BCUT2D eigenvalue weighted by molar-refractivity contribution is -0.208. The highest BCUT2D eigenvalue weighted by Crippen LogP contribution is 2.23. The Kier molecular flexibility index (Phi) is 7.16. The molecular weight excluding hydrogens is 266 g/mol. The minimum Gasteiger partial charge on any atom is -0.396 e. The van der Waals surface area contributed by atoms with Crippen molar-refractivity contribution in [3.8, 4) is 0 Å². The molecule has 1 heterocycles. The van der Waals surface area contributed by atoms with Crippen molar-refractivity contribution in [3.05, 3.63) is 35.9 Å². The molecule has 2 atom stereocenters. The average Bonchev–Trinajstić information content (AvgIpc) is 2.54. The summed E-state index contributed by atoms with van der Waals surface area (Å²) in [6, 6.07) is 9.93. The molecule has 0 amide bonds. The first-order valence-electron chi connectivity index (χ1n) is 7.98. The van der Waals surface area contributed by atoms with Crippen molar-refractivity contribution in [1.29, 1.82) is 0 Å². The zero-order valence-electron chi connectivity index (χ0n) is 12.7. The summed E-state index contributed by atoms with van der Waals surface area (Å²) >= 11 is 0. The number of hydrogen-bond donors (Lipinski definition) is 2. The summed E-state index contributed by atoms with van der Waals surface area (Å²) < 4.78 is 5.58. The highest BCUT2D eigenvalue weighted by atomic mass is 16.6. The Labute approximate surface area is 127 Å². The van der Waals surface area contributed by atoms with Crippen LogP contribution in [0.4, 0.5) is 0 Å². The smallest absolute Gasteiger partial charge is 0.216 e. The summed E-state index contributed by atoms with van der Waals surface area (Å²) in [6.07, 6.45) is 4.58. The first-order chi connectivity index (χ1) is 10.3. The number of aliphatic hydroxyl groups is 2. The van der Waals surface area contributed by atoms with Gasteiger partial charge in [0.1, 0.15) is 0 Å². The summed E-state index contributed by atoms with van der Waals surface area (Å²) in [6.45, 7) is 2.50. The SMILES string of the molecule is OCCCCC1CCCN(C(O)OCc2ccccc2)C1. The number of piperidine rings is 1. The maximum absolute atomic E-state index is 10.2. The molecule has 1 saturated heterocycles. The van der Waals surface area contributed by atoms with E-state index < -0.39 is 6.41 Å². The minimum absolute atomic E-state index is 0.277. The first-order valence-corrected chi connectivity index (χ1v) is 7.98. The van der Waals surface area contributed by atoms with Gasteiger partial charge in [-0.05, 0) is 37.2 Å². The van der Waals surface area contributed by atoms with Gasteiger partial charge < -0.3 is 14.9 Å². The molecule has 21 heavy (non-hydrogen) atoms. The molecule has 1 aliphatic rings. The zero-order valence-corrected chi connectivity index (χ0v) is 12.7. The average molecular weight is 293 g/mol. The Morgan fingerprint density at radius 2 is 2.05 bits per heavy atom. The van der Waals surface area contributed by atoms with Gasteiger partial charge in [0.15, 0.2) is 0 Å². The predicted molar refractivity (Wildman–Crippen MR) is 82.5 cm³/mol. The molecule has 0 aliphatic carbocycles. The van der Waals surface area contributed by atoms with Gasteiger partial charge in [-0.15, -0.1) is 0 Å². The van der Waals surface area contributed by atoms with Gasteiger partial charge in [-0.25, -0.2) is 0 Å². The van der Waals surface area contributed by atoms with Crippen LogP contribution < -0.4 is 0 Å². The van der Waals surface area contributed by atoms with Crippen LogP contribution in [0.1, 0.15) is 37.7 Å². The van der Waals surface area contributed by atoms with E-state index in [1.54, 1.807) is 0 Å². The van der Waals surface area contributed by atoms with Crippen molar-refractivity contribution in [2.24, 2.45) is 5.92 Å². The summed E-state index contributed by atoms with van der Waals surface area (Å²) in [4.78, 5) is 2.02. The molecule has 2 unspecified atom stereocenters. The minimum atomic E-state index is -0.814. The van der Waals surface area contributed by atoms with Crippen LogP contribution in [-0.2, 0) is 11.3 Å². The highest BCUT2D eigenvalue weighted by Gasteiger charge is 2.24. The second-order valence-corrected chi connectivity index (χ2v) is 5.85. The molecule has 118 valence electrons. The molecule has 1 aromatic carbocycles. The normalized spacial score (nSPS) is 21.3. The van der Waals surface area contributed by atoms with E-state index in [-0.39, 0.29) is 6.61 Å². The molecule has 0 saturated carbocycles. The van der Waals surface area contributed by atoms with Crippen LogP contribution in [0.25, 0.3) is 0 Å². The third-order valence-corrected chi connectivity index (χ3v) is 4.13.